The first-order valence-electron chi connectivity index (χ1n) is 5.83. The highest BCUT2D eigenvalue weighted by atomic mass is 35.5. The average Bonchev–Trinajstić information content (AvgIpc) is 2.80. The van der Waals surface area contributed by atoms with Crippen LogP contribution in [-0.4, -0.2) is 25.3 Å². The number of methoxy groups -OCH3 is 1. The lowest BCUT2D eigenvalue weighted by molar-refractivity contribution is -0.148. The molecule has 3 atom stereocenters. The third-order valence-corrected chi connectivity index (χ3v) is 3.39. The summed E-state index contributed by atoms with van der Waals surface area (Å²) in [5, 5.41) is 3.29. The number of ether oxygens (including phenoxy) is 2. The Hall–Kier alpha value is -1.75. The van der Waals surface area contributed by atoms with E-state index in [1.165, 1.54) is 7.11 Å². The highest BCUT2D eigenvalue weighted by Gasteiger charge is 2.41. The molecule has 0 aromatic heterocycles. The normalized spacial score (nSPS) is 23.4. The fourth-order valence-corrected chi connectivity index (χ4v) is 2.21. The fourth-order valence-electron chi connectivity index (χ4n) is 2.09. The highest BCUT2D eigenvalue weighted by molar-refractivity contribution is 6.30. The van der Waals surface area contributed by atoms with Gasteiger partial charge >= 0.3 is 12.1 Å². The molecule has 0 aliphatic carbocycles. The molecule has 102 valence electrons. The number of amides is 1. The van der Waals surface area contributed by atoms with E-state index in [1.54, 1.807) is 31.2 Å². The third-order valence-electron chi connectivity index (χ3n) is 3.14. The minimum absolute atomic E-state index is 0.390. The first kappa shape index (κ1) is 13.7. The van der Waals surface area contributed by atoms with Crippen LogP contribution in [0.2, 0.25) is 5.02 Å². The maximum atomic E-state index is 11.6. The lowest BCUT2D eigenvalue weighted by atomic mass is 9.93. The number of esters is 1. The molecule has 1 amide bonds. The zero-order valence-electron chi connectivity index (χ0n) is 10.6. The van der Waals surface area contributed by atoms with Crippen LogP contribution in [0.25, 0.3) is 0 Å². The molecule has 3 unspecified atom stereocenters. The monoisotopic (exact) mass is 283 g/mol. The molecule has 1 aromatic carbocycles. The van der Waals surface area contributed by atoms with E-state index >= 15 is 0 Å². The number of halogens is 1. The number of carbonyl (C=O) groups excluding carboxylic acids is 2. The molecule has 5 nitrogen and oxygen atoms in total. The van der Waals surface area contributed by atoms with Gasteiger partial charge < -0.3 is 14.8 Å². The summed E-state index contributed by atoms with van der Waals surface area (Å²) in [6, 6.07) is 6.64. The smallest absolute Gasteiger partial charge is 0.408 e. The fraction of sp³-hybridized carbons (Fsp3) is 0.385. The molecular weight excluding hydrogens is 270 g/mol. The molecule has 19 heavy (non-hydrogen) atoms. The van der Waals surface area contributed by atoms with Gasteiger partial charge in [0.05, 0.1) is 19.1 Å². The van der Waals surface area contributed by atoms with Gasteiger partial charge in [-0.1, -0.05) is 23.7 Å². The van der Waals surface area contributed by atoms with Crippen molar-refractivity contribution in [1.82, 2.24) is 5.32 Å². The van der Waals surface area contributed by atoms with Gasteiger partial charge in [0.25, 0.3) is 0 Å². The minimum atomic E-state index is -0.596. The Bertz CT molecular complexity index is 488. The zero-order chi connectivity index (χ0) is 14.0. The van der Waals surface area contributed by atoms with Crippen molar-refractivity contribution >= 4 is 23.7 Å². The summed E-state index contributed by atoms with van der Waals surface area (Å²) >= 11 is 5.83. The van der Waals surface area contributed by atoms with Gasteiger partial charge in [-0.05, 0) is 24.6 Å². The Kier molecular flexibility index (Phi) is 3.95. The van der Waals surface area contributed by atoms with Crippen molar-refractivity contribution in [2.75, 3.05) is 7.11 Å². The predicted molar refractivity (Wildman–Crippen MR) is 68.8 cm³/mol. The van der Waals surface area contributed by atoms with Crippen LogP contribution in [0, 0.1) is 5.92 Å². The standard InChI is InChI=1S/C13H14ClNO4/c1-7(12(16)18-2)11-10(15-13(17)19-11)8-3-5-9(14)6-4-8/h3-7,10-11H,1-2H3,(H,15,17). The molecule has 1 fully saturated rings. The number of rotatable bonds is 3. The van der Waals surface area contributed by atoms with Crippen molar-refractivity contribution in [3.63, 3.8) is 0 Å². The van der Waals surface area contributed by atoms with Gasteiger partial charge in [-0.25, -0.2) is 4.79 Å². The molecule has 1 heterocycles. The van der Waals surface area contributed by atoms with Crippen LogP contribution in [0.1, 0.15) is 18.5 Å². The second kappa shape index (κ2) is 5.48. The quantitative estimate of drug-likeness (QED) is 0.865. The molecule has 1 aliphatic heterocycles. The molecule has 0 radical (unpaired) electrons. The number of hydrogen-bond acceptors (Lipinski definition) is 4. The van der Waals surface area contributed by atoms with E-state index in [0.29, 0.717) is 5.02 Å². The van der Waals surface area contributed by atoms with Crippen LogP contribution < -0.4 is 5.32 Å². The first-order chi connectivity index (χ1) is 9.02. The number of nitrogens with one attached hydrogen (secondary N) is 1. The molecule has 1 aromatic rings. The van der Waals surface area contributed by atoms with Crippen LogP contribution in [0.3, 0.4) is 0 Å². The van der Waals surface area contributed by atoms with Gasteiger partial charge in [-0.3, -0.25) is 4.79 Å². The van der Waals surface area contributed by atoms with Crippen molar-refractivity contribution in [1.29, 1.82) is 0 Å². The predicted octanol–water partition coefficient (Wildman–Crippen LogP) is 2.30. The lowest BCUT2D eigenvalue weighted by Gasteiger charge is -2.21. The van der Waals surface area contributed by atoms with Gasteiger partial charge in [-0.15, -0.1) is 0 Å². The third kappa shape index (κ3) is 2.81. The molecule has 6 heteroatoms. The zero-order valence-corrected chi connectivity index (χ0v) is 11.3. The molecule has 0 saturated carbocycles. The summed E-state index contributed by atoms with van der Waals surface area (Å²) in [5.41, 5.74) is 0.830. The van der Waals surface area contributed by atoms with Gasteiger partial charge in [0.1, 0.15) is 6.10 Å². The maximum Gasteiger partial charge on any atom is 0.408 e. The van der Waals surface area contributed by atoms with Crippen LogP contribution in [0.5, 0.6) is 0 Å². The summed E-state index contributed by atoms with van der Waals surface area (Å²) in [6.07, 6.45) is -1.14. The van der Waals surface area contributed by atoms with E-state index in [4.69, 9.17) is 16.3 Å². The van der Waals surface area contributed by atoms with Gasteiger partial charge in [0, 0.05) is 5.02 Å². The second-order valence-electron chi connectivity index (χ2n) is 4.36. The topological polar surface area (TPSA) is 64.6 Å². The number of cyclic esters (lactones) is 1. The molecular formula is C13H14ClNO4. The first-order valence-corrected chi connectivity index (χ1v) is 6.21. The molecule has 1 saturated heterocycles. The van der Waals surface area contributed by atoms with Gasteiger partial charge in [0.2, 0.25) is 0 Å². The van der Waals surface area contributed by atoms with Crippen LogP contribution >= 0.6 is 11.6 Å². The summed E-state index contributed by atoms with van der Waals surface area (Å²) in [4.78, 5) is 23.0. The average molecular weight is 284 g/mol. The van der Waals surface area contributed by atoms with E-state index in [1.807, 2.05) is 0 Å². The maximum absolute atomic E-state index is 11.6. The SMILES string of the molecule is COC(=O)C(C)C1OC(=O)NC1c1ccc(Cl)cc1. The summed E-state index contributed by atoms with van der Waals surface area (Å²) in [7, 11) is 1.31. The Morgan fingerprint density at radius 1 is 1.42 bits per heavy atom. The van der Waals surface area contributed by atoms with Crippen LogP contribution in [0.4, 0.5) is 4.79 Å². The van der Waals surface area contributed by atoms with E-state index < -0.39 is 24.1 Å². The van der Waals surface area contributed by atoms with Crippen molar-refractivity contribution < 1.29 is 19.1 Å². The Labute approximate surface area is 115 Å². The van der Waals surface area contributed by atoms with Crippen molar-refractivity contribution in [2.45, 2.75) is 19.1 Å². The number of hydrogen-bond donors (Lipinski definition) is 1. The van der Waals surface area contributed by atoms with E-state index in [2.05, 4.69) is 10.1 Å². The lowest BCUT2D eigenvalue weighted by Crippen LogP contribution is -2.32. The van der Waals surface area contributed by atoms with Gasteiger partial charge in [0.15, 0.2) is 0 Å². The van der Waals surface area contributed by atoms with Crippen LogP contribution in [0.15, 0.2) is 24.3 Å². The summed E-state index contributed by atoms with van der Waals surface area (Å²) < 4.78 is 9.84. The van der Waals surface area contributed by atoms with Crippen molar-refractivity contribution in [3.8, 4) is 0 Å². The van der Waals surface area contributed by atoms with E-state index in [9.17, 15) is 9.59 Å². The minimum Gasteiger partial charge on any atom is -0.469 e. The number of alkyl carbamates (subject to hydrolysis) is 1. The Balaban J connectivity index is 2.24. The highest BCUT2D eigenvalue weighted by Crippen LogP contribution is 2.30. The number of carbonyl (C=O) groups is 2. The summed E-state index contributed by atoms with van der Waals surface area (Å²) in [5.74, 6) is -0.968. The molecule has 1 aliphatic rings. The Morgan fingerprint density at radius 3 is 2.63 bits per heavy atom. The summed E-state index contributed by atoms with van der Waals surface area (Å²) in [6.45, 7) is 1.67. The van der Waals surface area contributed by atoms with E-state index in [0.717, 1.165) is 5.56 Å². The largest absolute Gasteiger partial charge is 0.469 e. The Morgan fingerprint density at radius 2 is 2.05 bits per heavy atom. The molecule has 2 rings (SSSR count). The number of benzene rings is 1. The van der Waals surface area contributed by atoms with Crippen molar-refractivity contribution in [3.05, 3.63) is 34.9 Å². The second-order valence-corrected chi connectivity index (χ2v) is 4.79. The molecule has 0 bridgehead atoms. The van der Waals surface area contributed by atoms with E-state index in [-0.39, 0.29) is 6.04 Å². The van der Waals surface area contributed by atoms with Gasteiger partial charge in [-0.2, -0.15) is 0 Å². The van der Waals surface area contributed by atoms with Crippen LogP contribution in [-0.2, 0) is 14.3 Å². The molecule has 0 spiro atoms. The van der Waals surface area contributed by atoms with Crippen molar-refractivity contribution in [2.24, 2.45) is 5.92 Å². The molecule has 1 N–H and O–H groups in total.